The van der Waals surface area contributed by atoms with Crippen molar-refractivity contribution in [2.24, 2.45) is 5.92 Å². The van der Waals surface area contributed by atoms with Gasteiger partial charge in [-0.3, -0.25) is 9.59 Å². The molecular formula is C11H11NO2. The molecule has 0 aromatic heterocycles. The van der Waals surface area contributed by atoms with E-state index in [2.05, 4.69) is 5.32 Å². The molecule has 3 nitrogen and oxygen atoms in total. The van der Waals surface area contributed by atoms with Crippen molar-refractivity contribution in [3.63, 3.8) is 0 Å². The summed E-state index contributed by atoms with van der Waals surface area (Å²) in [5, 5.41) is 3.04. The van der Waals surface area contributed by atoms with Gasteiger partial charge >= 0.3 is 0 Å². The molecule has 1 heterocycles. The minimum atomic E-state index is -0.219. The molecule has 0 spiro atoms. The Hall–Kier alpha value is -1.64. The molecule has 0 amide bonds. The molecule has 2 aliphatic rings. The predicted molar refractivity (Wildman–Crippen MR) is 52.5 cm³/mol. The van der Waals surface area contributed by atoms with E-state index >= 15 is 0 Å². The van der Waals surface area contributed by atoms with E-state index in [4.69, 9.17) is 0 Å². The van der Waals surface area contributed by atoms with Crippen LogP contribution >= 0.6 is 0 Å². The first-order valence-electron chi connectivity index (χ1n) is 4.56. The third-order valence-electron chi connectivity index (χ3n) is 2.50. The van der Waals surface area contributed by atoms with Gasteiger partial charge in [0.2, 0.25) is 0 Å². The third kappa shape index (κ3) is 1.31. The van der Waals surface area contributed by atoms with Gasteiger partial charge in [-0.1, -0.05) is 24.3 Å². The summed E-state index contributed by atoms with van der Waals surface area (Å²) in [4.78, 5) is 22.9. The van der Waals surface area contributed by atoms with Crippen LogP contribution in [0.3, 0.4) is 0 Å². The zero-order valence-electron chi connectivity index (χ0n) is 7.86. The van der Waals surface area contributed by atoms with Crippen molar-refractivity contribution in [1.82, 2.24) is 5.32 Å². The van der Waals surface area contributed by atoms with Crippen LogP contribution < -0.4 is 5.32 Å². The minimum Gasteiger partial charge on any atom is -0.383 e. The highest BCUT2D eigenvalue weighted by Crippen LogP contribution is 2.21. The Kier molecular flexibility index (Phi) is 2.08. The number of hydrogen-bond donors (Lipinski definition) is 1. The predicted octanol–water partition coefficient (Wildman–Crippen LogP) is 0.742. The zero-order chi connectivity index (χ0) is 10.1. The lowest BCUT2D eigenvalue weighted by Crippen LogP contribution is -2.42. The molecule has 0 saturated carbocycles. The van der Waals surface area contributed by atoms with E-state index in [-0.39, 0.29) is 29.1 Å². The van der Waals surface area contributed by atoms with Gasteiger partial charge in [0, 0.05) is 6.20 Å². The number of allylic oxidation sites excluding steroid dienone is 3. The van der Waals surface area contributed by atoms with Crippen molar-refractivity contribution in [2.45, 2.75) is 13.0 Å². The van der Waals surface area contributed by atoms with Crippen LogP contribution in [0.4, 0.5) is 0 Å². The summed E-state index contributed by atoms with van der Waals surface area (Å²) in [5.74, 6) is -0.477. The number of carbonyl (C=O) groups excluding carboxylic acids is 2. The van der Waals surface area contributed by atoms with Crippen LogP contribution in [0.1, 0.15) is 6.92 Å². The number of carbonyl (C=O) groups is 2. The van der Waals surface area contributed by atoms with Gasteiger partial charge in [0.05, 0.1) is 17.5 Å². The maximum Gasteiger partial charge on any atom is 0.177 e. The number of fused-ring (bicyclic) bond motifs is 1. The van der Waals surface area contributed by atoms with E-state index in [9.17, 15) is 9.59 Å². The Morgan fingerprint density at radius 1 is 1.36 bits per heavy atom. The van der Waals surface area contributed by atoms with Crippen LogP contribution in [-0.2, 0) is 9.59 Å². The second-order valence-corrected chi connectivity index (χ2v) is 3.47. The lowest BCUT2D eigenvalue weighted by molar-refractivity contribution is -0.122. The fourth-order valence-electron chi connectivity index (χ4n) is 1.72. The Morgan fingerprint density at radius 2 is 2.07 bits per heavy atom. The lowest BCUT2D eigenvalue weighted by atomic mass is 9.84. The Morgan fingerprint density at radius 3 is 2.79 bits per heavy atom. The third-order valence-corrected chi connectivity index (χ3v) is 2.50. The van der Waals surface area contributed by atoms with Gasteiger partial charge in [-0.2, -0.15) is 0 Å². The highest BCUT2D eigenvalue weighted by Gasteiger charge is 2.32. The fourth-order valence-corrected chi connectivity index (χ4v) is 1.72. The number of rotatable bonds is 1. The molecule has 3 heteroatoms. The van der Waals surface area contributed by atoms with Crippen LogP contribution in [0.2, 0.25) is 0 Å². The molecule has 0 radical (unpaired) electrons. The summed E-state index contributed by atoms with van der Waals surface area (Å²) in [7, 11) is 0. The topological polar surface area (TPSA) is 46.2 Å². The van der Waals surface area contributed by atoms with Crippen LogP contribution in [-0.4, -0.2) is 17.6 Å². The zero-order valence-corrected chi connectivity index (χ0v) is 7.86. The lowest BCUT2D eigenvalue weighted by Gasteiger charge is -2.28. The van der Waals surface area contributed by atoms with Crippen LogP contribution in [0, 0.1) is 5.92 Å². The van der Waals surface area contributed by atoms with E-state index in [0.717, 1.165) is 0 Å². The monoisotopic (exact) mass is 189 g/mol. The van der Waals surface area contributed by atoms with E-state index < -0.39 is 0 Å². The Balaban J connectivity index is 2.33. The van der Waals surface area contributed by atoms with Crippen molar-refractivity contribution < 1.29 is 9.59 Å². The average molecular weight is 189 g/mol. The molecule has 1 aliphatic heterocycles. The minimum absolute atomic E-state index is 0.00981. The van der Waals surface area contributed by atoms with Gasteiger partial charge in [-0.25, -0.2) is 0 Å². The van der Waals surface area contributed by atoms with Gasteiger partial charge in [0.1, 0.15) is 0 Å². The van der Waals surface area contributed by atoms with Gasteiger partial charge in [0.25, 0.3) is 0 Å². The Labute approximate surface area is 82.2 Å². The largest absolute Gasteiger partial charge is 0.383 e. The molecule has 2 unspecified atom stereocenters. The molecule has 0 bridgehead atoms. The van der Waals surface area contributed by atoms with E-state index in [1.165, 1.54) is 13.1 Å². The van der Waals surface area contributed by atoms with Gasteiger partial charge < -0.3 is 5.32 Å². The normalized spacial score (nSPS) is 29.2. The van der Waals surface area contributed by atoms with Gasteiger partial charge in [-0.15, -0.1) is 0 Å². The summed E-state index contributed by atoms with van der Waals surface area (Å²) in [5.41, 5.74) is 0.270. The van der Waals surface area contributed by atoms with Crippen molar-refractivity contribution in [3.05, 3.63) is 36.1 Å². The Bertz CT molecular complexity index is 377. The molecule has 1 N–H and O–H groups in total. The van der Waals surface area contributed by atoms with Crippen molar-refractivity contribution in [1.29, 1.82) is 0 Å². The molecule has 0 aromatic rings. The SMILES string of the molecule is CC(=O)C1=CNC2C=CC=CC2C1=O. The molecule has 14 heavy (non-hydrogen) atoms. The van der Waals surface area contributed by atoms with Crippen LogP contribution in [0.15, 0.2) is 36.1 Å². The summed E-state index contributed by atoms with van der Waals surface area (Å²) in [6.07, 6.45) is 9.01. The number of nitrogens with one attached hydrogen (secondary N) is 1. The maximum absolute atomic E-state index is 11.8. The molecule has 0 saturated heterocycles. The molecule has 0 aromatic carbocycles. The molecule has 2 atom stereocenters. The van der Waals surface area contributed by atoms with Gasteiger partial charge in [0.15, 0.2) is 11.6 Å². The first-order valence-corrected chi connectivity index (χ1v) is 4.56. The van der Waals surface area contributed by atoms with Crippen molar-refractivity contribution in [3.8, 4) is 0 Å². The molecule has 2 rings (SSSR count). The van der Waals surface area contributed by atoms with Crippen molar-refractivity contribution >= 4 is 11.6 Å². The second kappa shape index (κ2) is 3.25. The molecule has 1 aliphatic carbocycles. The number of ketones is 2. The first kappa shape index (κ1) is 8.94. The second-order valence-electron chi connectivity index (χ2n) is 3.47. The standard InChI is InChI=1S/C11H11NO2/c1-7(13)9-6-12-10-5-3-2-4-8(10)11(9)14/h2-6,8,10,12H,1H3. The quantitative estimate of drug-likeness (QED) is 0.619. The summed E-state index contributed by atoms with van der Waals surface area (Å²) < 4.78 is 0. The highest BCUT2D eigenvalue weighted by atomic mass is 16.1. The summed E-state index contributed by atoms with van der Waals surface area (Å²) in [6.45, 7) is 1.41. The summed E-state index contributed by atoms with van der Waals surface area (Å²) >= 11 is 0. The van der Waals surface area contributed by atoms with E-state index in [0.29, 0.717) is 0 Å². The molecular weight excluding hydrogens is 178 g/mol. The van der Waals surface area contributed by atoms with Crippen molar-refractivity contribution in [2.75, 3.05) is 0 Å². The molecule has 72 valence electrons. The molecule has 0 fully saturated rings. The number of hydrogen-bond acceptors (Lipinski definition) is 3. The summed E-state index contributed by atoms with van der Waals surface area (Å²) in [6, 6.07) is 0.00981. The number of Topliss-reactive ketones (excluding diaryl/α,β-unsaturated/α-hetero) is 2. The van der Waals surface area contributed by atoms with E-state index in [1.807, 2.05) is 24.3 Å². The fraction of sp³-hybridized carbons (Fsp3) is 0.273. The maximum atomic E-state index is 11.8. The first-order chi connectivity index (χ1) is 6.70. The van der Waals surface area contributed by atoms with E-state index in [1.54, 1.807) is 0 Å². The van der Waals surface area contributed by atoms with Crippen LogP contribution in [0.25, 0.3) is 0 Å². The smallest absolute Gasteiger partial charge is 0.177 e. The average Bonchev–Trinajstić information content (AvgIpc) is 2.18. The van der Waals surface area contributed by atoms with Gasteiger partial charge in [-0.05, 0) is 6.92 Å². The van der Waals surface area contributed by atoms with Crippen LogP contribution in [0.5, 0.6) is 0 Å². The highest BCUT2D eigenvalue weighted by molar-refractivity contribution is 6.21.